The first-order valence-electron chi connectivity index (χ1n) is 9.55. The van der Waals surface area contributed by atoms with Crippen LogP contribution in [-0.4, -0.2) is 46.9 Å². The smallest absolute Gasteiger partial charge is 0.264 e. The third-order valence-corrected chi connectivity index (χ3v) is 5.80. The van der Waals surface area contributed by atoms with Gasteiger partial charge in [0.2, 0.25) is 0 Å². The normalized spacial score (nSPS) is 14.7. The Morgan fingerprint density at radius 3 is 2.72 bits per heavy atom. The van der Waals surface area contributed by atoms with E-state index in [1.165, 1.54) is 23.5 Å². The number of carbonyl (C=O) groups excluding carboxylic acids is 1. The average Bonchev–Trinajstić information content (AvgIpc) is 3.22. The fraction of sp³-hybridized carbons (Fsp3) is 0.273. The first-order valence-corrected chi connectivity index (χ1v) is 10.4. The molecule has 5 nitrogen and oxygen atoms in total. The minimum atomic E-state index is -0.328. The number of halogens is 1. The van der Waals surface area contributed by atoms with Gasteiger partial charge in [0.1, 0.15) is 18.2 Å². The molecule has 1 fully saturated rings. The van der Waals surface area contributed by atoms with Crippen LogP contribution in [0.25, 0.3) is 0 Å². The van der Waals surface area contributed by atoms with Gasteiger partial charge in [-0.05, 0) is 35.7 Å². The summed E-state index contributed by atoms with van der Waals surface area (Å²) in [4.78, 5) is 22.1. The van der Waals surface area contributed by atoms with Gasteiger partial charge in [-0.2, -0.15) is 0 Å². The Labute approximate surface area is 173 Å². The van der Waals surface area contributed by atoms with Crippen molar-refractivity contribution in [3.05, 3.63) is 82.1 Å². The molecule has 3 heterocycles. The Bertz CT molecular complexity index is 955. The van der Waals surface area contributed by atoms with Gasteiger partial charge in [-0.15, -0.1) is 11.3 Å². The summed E-state index contributed by atoms with van der Waals surface area (Å²) in [5.74, 6) is 0.212. The van der Waals surface area contributed by atoms with Crippen LogP contribution in [0.5, 0.6) is 5.75 Å². The summed E-state index contributed by atoms with van der Waals surface area (Å²) >= 11 is 1.42. The summed E-state index contributed by atoms with van der Waals surface area (Å²) in [7, 11) is 0. The van der Waals surface area contributed by atoms with Crippen LogP contribution >= 0.6 is 11.3 Å². The van der Waals surface area contributed by atoms with Gasteiger partial charge in [-0.25, -0.2) is 4.39 Å². The molecule has 1 aliphatic rings. The highest BCUT2D eigenvalue weighted by atomic mass is 32.1. The van der Waals surface area contributed by atoms with Crippen molar-refractivity contribution >= 4 is 17.2 Å². The zero-order valence-corrected chi connectivity index (χ0v) is 16.8. The van der Waals surface area contributed by atoms with Gasteiger partial charge in [-0.3, -0.25) is 14.7 Å². The lowest BCUT2D eigenvalue weighted by atomic mass is 10.2. The number of carbonyl (C=O) groups is 1. The molecule has 0 atom stereocenters. The lowest BCUT2D eigenvalue weighted by molar-refractivity contribution is 0.0631. The standard InChI is InChI=1S/C22H22FN3O2S/c23-18-4-3-6-20(13-18)28-15-17-12-21(29-16-17)22(27)26-10-8-25(9-11-26)14-19-5-1-2-7-24-19/h1-7,12-13,16H,8-11,14-15H2. The van der Waals surface area contributed by atoms with Crippen molar-refractivity contribution in [1.82, 2.24) is 14.8 Å². The predicted molar refractivity (Wildman–Crippen MR) is 110 cm³/mol. The van der Waals surface area contributed by atoms with Gasteiger partial charge in [0.15, 0.2) is 0 Å². The number of hydrogen-bond donors (Lipinski definition) is 0. The monoisotopic (exact) mass is 411 g/mol. The fourth-order valence-electron chi connectivity index (χ4n) is 3.27. The van der Waals surface area contributed by atoms with Crippen LogP contribution < -0.4 is 4.74 Å². The number of benzene rings is 1. The van der Waals surface area contributed by atoms with E-state index in [9.17, 15) is 9.18 Å². The lowest BCUT2D eigenvalue weighted by Crippen LogP contribution is -2.48. The van der Waals surface area contributed by atoms with E-state index in [1.807, 2.05) is 40.7 Å². The Morgan fingerprint density at radius 1 is 1.10 bits per heavy atom. The molecule has 0 aliphatic carbocycles. The molecule has 0 bridgehead atoms. The highest BCUT2D eigenvalue weighted by Gasteiger charge is 2.23. The van der Waals surface area contributed by atoms with Crippen molar-refractivity contribution in [3.8, 4) is 5.75 Å². The zero-order chi connectivity index (χ0) is 20.1. The number of nitrogens with zero attached hydrogens (tertiary/aromatic N) is 3. The zero-order valence-electron chi connectivity index (χ0n) is 16.0. The van der Waals surface area contributed by atoms with E-state index >= 15 is 0 Å². The second-order valence-electron chi connectivity index (χ2n) is 6.95. The van der Waals surface area contributed by atoms with E-state index < -0.39 is 0 Å². The van der Waals surface area contributed by atoms with Crippen LogP contribution in [0.1, 0.15) is 20.9 Å². The number of thiophene rings is 1. The van der Waals surface area contributed by atoms with Crippen molar-refractivity contribution < 1.29 is 13.9 Å². The topological polar surface area (TPSA) is 45.7 Å². The quantitative estimate of drug-likeness (QED) is 0.619. The maximum Gasteiger partial charge on any atom is 0.264 e. The first kappa shape index (κ1) is 19.5. The van der Waals surface area contributed by atoms with Gasteiger partial charge in [0.05, 0.1) is 10.6 Å². The molecule has 0 N–H and O–H groups in total. The van der Waals surface area contributed by atoms with Crippen molar-refractivity contribution in [3.63, 3.8) is 0 Å². The number of aromatic nitrogens is 1. The van der Waals surface area contributed by atoms with Gasteiger partial charge in [0, 0.05) is 50.6 Å². The molecule has 3 aromatic rings. The summed E-state index contributed by atoms with van der Waals surface area (Å²) in [5, 5.41) is 1.92. The molecule has 7 heteroatoms. The number of piperazine rings is 1. The van der Waals surface area contributed by atoms with Gasteiger partial charge in [-0.1, -0.05) is 12.1 Å². The molecular weight excluding hydrogens is 389 g/mol. The molecule has 1 aliphatic heterocycles. The summed E-state index contributed by atoms with van der Waals surface area (Å²) in [6.07, 6.45) is 1.81. The third kappa shape index (κ3) is 5.19. The SMILES string of the molecule is O=C(c1cc(COc2cccc(F)c2)cs1)N1CCN(Cc2ccccn2)CC1. The Balaban J connectivity index is 1.28. The average molecular weight is 412 g/mol. The van der Waals surface area contributed by atoms with Crippen LogP contribution in [0.3, 0.4) is 0 Å². The highest BCUT2D eigenvalue weighted by Crippen LogP contribution is 2.21. The summed E-state index contributed by atoms with van der Waals surface area (Å²) in [6.45, 7) is 4.21. The molecule has 0 radical (unpaired) electrons. The van der Waals surface area contributed by atoms with Crippen LogP contribution in [0.15, 0.2) is 60.1 Å². The summed E-state index contributed by atoms with van der Waals surface area (Å²) < 4.78 is 18.8. The van der Waals surface area contributed by atoms with E-state index in [2.05, 4.69) is 9.88 Å². The molecule has 29 heavy (non-hydrogen) atoms. The minimum Gasteiger partial charge on any atom is -0.489 e. The van der Waals surface area contributed by atoms with Gasteiger partial charge in [0.25, 0.3) is 5.91 Å². The molecule has 4 rings (SSSR count). The molecule has 1 amide bonds. The number of hydrogen-bond acceptors (Lipinski definition) is 5. The number of amides is 1. The van der Waals surface area contributed by atoms with Crippen LogP contribution in [0, 0.1) is 5.82 Å². The van der Waals surface area contributed by atoms with Gasteiger partial charge >= 0.3 is 0 Å². The molecule has 0 saturated carbocycles. The van der Waals surface area contributed by atoms with E-state index in [-0.39, 0.29) is 11.7 Å². The maximum atomic E-state index is 13.2. The number of ether oxygens (including phenoxy) is 1. The number of pyridine rings is 1. The van der Waals surface area contributed by atoms with E-state index in [4.69, 9.17) is 4.74 Å². The Morgan fingerprint density at radius 2 is 1.97 bits per heavy atom. The summed E-state index contributed by atoms with van der Waals surface area (Å²) in [6, 6.07) is 13.9. The summed E-state index contributed by atoms with van der Waals surface area (Å²) in [5.41, 5.74) is 1.96. The lowest BCUT2D eigenvalue weighted by Gasteiger charge is -2.34. The van der Waals surface area contributed by atoms with Crippen molar-refractivity contribution in [2.45, 2.75) is 13.2 Å². The number of rotatable bonds is 6. The van der Waals surface area contributed by atoms with Crippen LogP contribution in [-0.2, 0) is 13.2 Å². The molecule has 1 saturated heterocycles. The molecule has 2 aromatic heterocycles. The van der Waals surface area contributed by atoms with Crippen molar-refractivity contribution in [1.29, 1.82) is 0 Å². The minimum absolute atomic E-state index is 0.0597. The molecule has 0 unspecified atom stereocenters. The fourth-order valence-corrected chi connectivity index (χ4v) is 4.14. The maximum absolute atomic E-state index is 13.2. The van der Waals surface area contributed by atoms with E-state index in [1.54, 1.807) is 12.1 Å². The van der Waals surface area contributed by atoms with Gasteiger partial charge < -0.3 is 9.64 Å². The van der Waals surface area contributed by atoms with Crippen molar-refractivity contribution in [2.24, 2.45) is 0 Å². The predicted octanol–water partition coefficient (Wildman–Crippen LogP) is 3.82. The van der Waals surface area contributed by atoms with Crippen molar-refractivity contribution in [2.75, 3.05) is 26.2 Å². The van der Waals surface area contributed by atoms with Crippen LogP contribution in [0.2, 0.25) is 0 Å². The van der Waals surface area contributed by atoms with E-state index in [0.717, 1.165) is 30.9 Å². The van der Waals surface area contributed by atoms with Crippen LogP contribution in [0.4, 0.5) is 4.39 Å². The second kappa shape index (κ2) is 9.15. The third-order valence-electron chi connectivity index (χ3n) is 4.84. The first-order chi connectivity index (χ1) is 14.2. The Kier molecular flexibility index (Phi) is 6.17. The highest BCUT2D eigenvalue weighted by molar-refractivity contribution is 7.12. The largest absolute Gasteiger partial charge is 0.489 e. The second-order valence-corrected chi connectivity index (χ2v) is 7.87. The molecule has 1 aromatic carbocycles. The molecular formula is C22H22FN3O2S. The van der Waals surface area contributed by atoms with E-state index in [0.29, 0.717) is 30.3 Å². The Hall–Kier alpha value is -2.77. The molecule has 150 valence electrons. The molecule has 0 spiro atoms.